The molecule has 46 heavy (non-hydrogen) atoms. The van der Waals surface area contributed by atoms with Crippen LogP contribution in [0, 0.1) is 0 Å². The van der Waals surface area contributed by atoms with Gasteiger partial charge in [0.15, 0.2) is 5.69 Å². The number of halogens is 4. The van der Waals surface area contributed by atoms with Crippen LogP contribution in [-0.2, 0) is 15.3 Å². The molecule has 0 bridgehead atoms. The number of rotatable bonds is 8. The van der Waals surface area contributed by atoms with Crippen molar-refractivity contribution in [3.63, 3.8) is 0 Å². The number of ether oxygens (including phenoxy) is 2. The van der Waals surface area contributed by atoms with Crippen molar-refractivity contribution >= 4 is 41.3 Å². The first-order chi connectivity index (χ1) is 21.9. The van der Waals surface area contributed by atoms with Crippen molar-refractivity contribution in [2.24, 2.45) is 0 Å². The largest absolute Gasteiger partial charge is 0.451 e. The molecule has 3 heterocycles. The van der Waals surface area contributed by atoms with Crippen LogP contribution in [0.5, 0.6) is 5.75 Å². The number of aromatic nitrogens is 1. The van der Waals surface area contributed by atoms with E-state index in [1.807, 2.05) is 30.3 Å². The van der Waals surface area contributed by atoms with Crippen LogP contribution in [0.15, 0.2) is 64.4 Å². The highest BCUT2D eigenvalue weighted by atomic mass is 35.5. The molecule has 2 aliphatic rings. The number of fused-ring (bicyclic) bond motifs is 3. The molecule has 2 N–H and O–H groups in total. The monoisotopic (exact) mass is 679 g/mol. The van der Waals surface area contributed by atoms with Crippen LogP contribution >= 0.6 is 23.4 Å². The van der Waals surface area contributed by atoms with Gasteiger partial charge in [0.1, 0.15) is 12.7 Å². The Bertz CT molecular complexity index is 1720. The standard InChI is InChI=1S/C30H29ClF3N5O6S/c1-17(30(32,33)34)37-15-39(25-19-7-5-8-22(31)21(19)14-46-24-9-4-3-6-20(24)25)38-13-10-23(41)27(26(38)28(37)42)44-16-45-29(43)36-12-11-35-18(2)40/h3-10,13,17,25H,11-12,14-16H2,1-2H3,(H,35,40)(H,36,43)/t17-,25+/m1/s1. The third kappa shape index (κ3) is 6.75. The van der Waals surface area contributed by atoms with E-state index >= 15 is 0 Å². The van der Waals surface area contributed by atoms with Crippen LogP contribution in [0.25, 0.3) is 0 Å². The van der Waals surface area contributed by atoms with E-state index in [1.165, 1.54) is 29.6 Å². The Morgan fingerprint density at radius 2 is 1.78 bits per heavy atom. The molecule has 5 rings (SSSR count). The number of benzene rings is 2. The smallest absolute Gasteiger partial charge is 0.410 e. The van der Waals surface area contributed by atoms with Crippen molar-refractivity contribution in [2.75, 3.05) is 31.6 Å². The van der Waals surface area contributed by atoms with E-state index in [-0.39, 0.29) is 19.0 Å². The summed E-state index contributed by atoms with van der Waals surface area (Å²) in [5.74, 6) is -1.49. The van der Waals surface area contributed by atoms with E-state index in [1.54, 1.807) is 17.1 Å². The fourth-order valence-corrected chi connectivity index (χ4v) is 6.69. The lowest BCUT2D eigenvalue weighted by atomic mass is 9.94. The zero-order valence-electron chi connectivity index (χ0n) is 24.6. The molecule has 0 unspecified atom stereocenters. The fourth-order valence-electron chi connectivity index (χ4n) is 5.22. The lowest BCUT2D eigenvalue weighted by molar-refractivity contribution is -0.173. The summed E-state index contributed by atoms with van der Waals surface area (Å²) in [7, 11) is 0. The Hall–Kier alpha value is -4.37. The minimum absolute atomic E-state index is 0.0339. The zero-order chi connectivity index (χ0) is 33.2. The maximum absolute atomic E-state index is 14.2. The van der Waals surface area contributed by atoms with Crippen molar-refractivity contribution in [1.29, 1.82) is 0 Å². The van der Waals surface area contributed by atoms with Crippen molar-refractivity contribution in [1.82, 2.24) is 20.2 Å². The van der Waals surface area contributed by atoms with Gasteiger partial charge in [0, 0.05) is 47.9 Å². The van der Waals surface area contributed by atoms with Crippen LogP contribution in [0.3, 0.4) is 0 Å². The van der Waals surface area contributed by atoms with Crippen LogP contribution in [0.4, 0.5) is 18.0 Å². The molecule has 0 saturated heterocycles. The SMILES string of the molecule is CC(=O)NCCNC(=O)OCOc1c2n(ccc1=O)N([C@@H]1c3ccccc3SCc3c(Cl)cccc31)CN([C@H](C)C(F)(F)F)C2=O. The third-order valence-electron chi connectivity index (χ3n) is 7.51. The second-order valence-corrected chi connectivity index (χ2v) is 11.8. The summed E-state index contributed by atoms with van der Waals surface area (Å²) >= 11 is 8.15. The number of hydrogen-bond donors (Lipinski definition) is 2. The molecule has 2 aliphatic heterocycles. The lowest BCUT2D eigenvalue weighted by Crippen LogP contribution is -2.60. The Kier molecular flexibility index (Phi) is 9.72. The second kappa shape index (κ2) is 13.5. The minimum Gasteiger partial charge on any atom is -0.451 e. The molecule has 0 aliphatic carbocycles. The molecular formula is C30H29ClF3N5O6S. The molecule has 16 heteroatoms. The zero-order valence-corrected chi connectivity index (χ0v) is 26.2. The average molecular weight is 680 g/mol. The van der Waals surface area contributed by atoms with Gasteiger partial charge in [-0.3, -0.25) is 24.1 Å². The Morgan fingerprint density at radius 1 is 1.07 bits per heavy atom. The number of carbonyl (C=O) groups excluding carboxylic acids is 3. The summed E-state index contributed by atoms with van der Waals surface area (Å²) in [6, 6.07) is 10.9. The first-order valence-electron chi connectivity index (χ1n) is 14.1. The highest BCUT2D eigenvalue weighted by molar-refractivity contribution is 7.98. The summed E-state index contributed by atoms with van der Waals surface area (Å²) < 4.78 is 54.3. The van der Waals surface area contributed by atoms with Gasteiger partial charge in [-0.25, -0.2) is 4.79 Å². The van der Waals surface area contributed by atoms with Gasteiger partial charge in [-0.1, -0.05) is 41.9 Å². The quantitative estimate of drug-likeness (QED) is 0.266. The Balaban J connectivity index is 1.57. The summed E-state index contributed by atoms with van der Waals surface area (Å²) in [4.78, 5) is 51.5. The van der Waals surface area contributed by atoms with Gasteiger partial charge in [0.25, 0.3) is 5.91 Å². The lowest BCUT2D eigenvalue weighted by Gasteiger charge is -2.46. The Morgan fingerprint density at radius 3 is 2.52 bits per heavy atom. The van der Waals surface area contributed by atoms with Crippen molar-refractivity contribution < 1.29 is 37.0 Å². The van der Waals surface area contributed by atoms with E-state index in [4.69, 9.17) is 21.1 Å². The number of alkyl carbamates (subject to hydrolysis) is 1. The van der Waals surface area contributed by atoms with Crippen LogP contribution in [-0.4, -0.2) is 66.3 Å². The summed E-state index contributed by atoms with van der Waals surface area (Å²) in [6.07, 6.45) is -4.44. The van der Waals surface area contributed by atoms with Gasteiger partial charge >= 0.3 is 12.3 Å². The molecule has 1 aromatic heterocycles. The van der Waals surface area contributed by atoms with Crippen molar-refractivity contribution in [3.8, 4) is 5.75 Å². The van der Waals surface area contributed by atoms with E-state index < -0.39 is 60.6 Å². The molecule has 2 atom stereocenters. The Labute approximate surface area is 270 Å². The molecule has 0 saturated carbocycles. The summed E-state index contributed by atoms with van der Waals surface area (Å²) in [5.41, 5.74) is 0.970. The number of carbonyl (C=O) groups is 3. The van der Waals surface area contributed by atoms with Crippen LogP contribution < -0.4 is 25.8 Å². The number of amides is 3. The van der Waals surface area contributed by atoms with Crippen LogP contribution in [0.1, 0.15) is 47.1 Å². The highest BCUT2D eigenvalue weighted by Crippen LogP contribution is 2.45. The number of hydrogen-bond acceptors (Lipinski definition) is 8. The molecule has 3 amide bonds. The normalized spacial score (nSPS) is 16.4. The van der Waals surface area contributed by atoms with Crippen LogP contribution in [0.2, 0.25) is 5.02 Å². The first kappa shape index (κ1) is 33.0. The highest BCUT2D eigenvalue weighted by Gasteiger charge is 2.48. The number of pyridine rings is 1. The summed E-state index contributed by atoms with van der Waals surface area (Å²) in [5, 5.41) is 6.89. The van der Waals surface area contributed by atoms with Gasteiger partial charge in [-0.2, -0.15) is 13.2 Å². The minimum atomic E-state index is -4.80. The maximum atomic E-state index is 14.2. The molecule has 3 aromatic rings. The first-order valence-corrected chi connectivity index (χ1v) is 15.4. The predicted octanol–water partition coefficient (Wildman–Crippen LogP) is 4.40. The third-order valence-corrected chi connectivity index (χ3v) is 8.98. The van der Waals surface area contributed by atoms with E-state index in [9.17, 15) is 32.3 Å². The number of thioether (sulfide) groups is 1. The molecule has 244 valence electrons. The van der Waals surface area contributed by atoms with E-state index in [2.05, 4.69) is 10.6 Å². The summed E-state index contributed by atoms with van der Waals surface area (Å²) in [6.45, 7) is 1.01. The van der Waals surface area contributed by atoms with E-state index in [0.717, 1.165) is 29.0 Å². The molecule has 0 fully saturated rings. The van der Waals surface area contributed by atoms with Crippen molar-refractivity contribution in [3.05, 3.63) is 92.4 Å². The van der Waals surface area contributed by atoms with Gasteiger partial charge in [0.05, 0.1) is 6.04 Å². The molecule has 0 spiro atoms. The van der Waals surface area contributed by atoms with Gasteiger partial charge in [-0.05, 0) is 35.7 Å². The fraction of sp³-hybridized carbons (Fsp3) is 0.333. The maximum Gasteiger partial charge on any atom is 0.410 e. The van der Waals surface area contributed by atoms with Crippen molar-refractivity contribution in [2.45, 2.75) is 42.8 Å². The van der Waals surface area contributed by atoms with E-state index in [0.29, 0.717) is 21.2 Å². The molecule has 0 radical (unpaired) electrons. The number of nitrogens with one attached hydrogen (secondary N) is 2. The van der Waals surface area contributed by atoms with Gasteiger partial charge in [-0.15, -0.1) is 11.8 Å². The molecule has 2 aromatic carbocycles. The van der Waals surface area contributed by atoms with Gasteiger partial charge < -0.3 is 25.0 Å². The number of alkyl halides is 3. The number of nitrogens with zero attached hydrogens (tertiary/aromatic N) is 3. The van der Waals surface area contributed by atoms with Gasteiger partial charge in [0.2, 0.25) is 23.9 Å². The second-order valence-electron chi connectivity index (χ2n) is 10.4. The topological polar surface area (TPSA) is 122 Å². The predicted molar refractivity (Wildman–Crippen MR) is 163 cm³/mol. The molecule has 11 nitrogen and oxygen atoms in total. The molecular weight excluding hydrogens is 651 g/mol. The average Bonchev–Trinajstić information content (AvgIpc) is 3.17.